The summed E-state index contributed by atoms with van der Waals surface area (Å²) in [5, 5.41) is 0. The van der Waals surface area contributed by atoms with Gasteiger partial charge in [0.15, 0.2) is 0 Å². The van der Waals surface area contributed by atoms with Crippen molar-refractivity contribution in [2.45, 2.75) is 39.2 Å². The number of rotatable bonds is 4. The summed E-state index contributed by atoms with van der Waals surface area (Å²) in [4.78, 5) is 13.1. The number of hydrogen-bond acceptors (Lipinski definition) is 4. The SMILES string of the molecule is CC[C@@H]1CCc2c(sc(=O)n2CCS(C)(=O)=O)C1. The van der Waals surface area contributed by atoms with Crippen LogP contribution in [0, 0.1) is 5.92 Å². The normalized spacial score (nSPS) is 19.8. The second-order valence-corrected chi connectivity index (χ2v) is 8.34. The minimum Gasteiger partial charge on any atom is -0.302 e. The van der Waals surface area contributed by atoms with Gasteiger partial charge in [0.2, 0.25) is 0 Å². The highest BCUT2D eigenvalue weighted by atomic mass is 32.2. The van der Waals surface area contributed by atoms with Crippen LogP contribution in [0.2, 0.25) is 0 Å². The number of thiazole rings is 1. The Balaban J connectivity index is 2.23. The van der Waals surface area contributed by atoms with Gasteiger partial charge >= 0.3 is 4.87 Å². The van der Waals surface area contributed by atoms with Gasteiger partial charge in [-0.15, -0.1) is 0 Å². The van der Waals surface area contributed by atoms with Crippen molar-refractivity contribution in [2.75, 3.05) is 12.0 Å². The monoisotopic (exact) mass is 289 g/mol. The van der Waals surface area contributed by atoms with Crippen LogP contribution in [0.1, 0.15) is 30.3 Å². The van der Waals surface area contributed by atoms with E-state index in [0.29, 0.717) is 12.5 Å². The van der Waals surface area contributed by atoms with Gasteiger partial charge in [0, 0.05) is 23.4 Å². The van der Waals surface area contributed by atoms with E-state index in [2.05, 4.69) is 6.92 Å². The molecular weight excluding hydrogens is 270 g/mol. The van der Waals surface area contributed by atoms with Crippen LogP contribution in [0.15, 0.2) is 4.79 Å². The Hall–Kier alpha value is -0.620. The van der Waals surface area contributed by atoms with Crippen LogP contribution in [-0.2, 0) is 29.2 Å². The number of sulfone groups is 1. The highest BCUT2D eigenvalue weighted by molar-refractivity contribution is 7.90. The number of aromatic nitrogens is 1. The van der Waals surface area contributed by atoms with E-state index in [9.17, 15) is 13.2 Å². The third-order valence-corrected chi connectivity index (χ3v) is 5.57. The van der Waals surface area contributed by atoms with Gasteiger partial charge in [-0.1, -0.05) is 24.7 Å². The molecule has 1 aliphatic rings. The molecule has 2 rings (SSSR count). The zero-order valence-corrected chi connectivity index (χ0v) is 12.4. The summed E-state index contributed by atoms with van der Waals surface area (Å²) in [6, 6.07) is 0. The summed E-state index contributed by atoms with van der Waals surface area (Å²) in [5.74, 6) is 0.728. The molecule has 0 aliphatic heterocycles. The van der Waals surface area contributed by atoms with Crippen molar-refractivity contribution in [3.05, 3.63) is 20.2 Å². The van der Waals surface area contributed by atoms with Crippen molar-refractivity contribution in [1.82, 2.24) is 4.57 Å². The van der Waals surface area contributed by atoms with Gasteiger partial charge in [-0.25, -0.2) is 8.42 Å². The molecule has 0 spiro atoms. The maximum atomic E-state index is 11.9. The van der Waals surface area contributed by atoms with Crippen molar-refractivity contribution >= 4 is 21.2 Å². The molecule has 6 heteroatoms. The van der Waals surface area contributed by atoms with E-state index >= 15 is 0 Å². The lowest BCUT2D eigenvalue weighted by Crippen LogP contribution is -2.23. The van der Waals surface area contributed by atoms with E-state index < -0.39 is 9.84 Å². The molecule has 0 N–H and O–H groups in total. The molecule has 0 fully saturated rings. The molecule has 0 aromatic carbocycles. The molecule has 102 valence electrons. The summed E-state index contributed by atoms with van der Waals surface area (Å²) < 4.78 is 24.1. The molecule has 1 heterocycles. The van der Waals surface area contributed by atoms with Crippen LogP contribution in [0.3, 0.4) is 0 Å². The second-order valence-electron chi connectivity index (χ2n) is 5.04. The number of fused-ring (bicyclic) bond motifs is 1. The van der Waals surface area contributed by atoms with Gasteiger partial charge in [-0.3, -0.25) is 4.79 Å². The Bertz CT molecular complexity index is 583. The van der Waals surface area contributed by atoms with Crippen LogP contribution in [0.5, 0.6) is 0 Å². The fourth-order valence-electron chi connectivity index (χ4n) is 2.45. The quantitative estimate of drug-likeness (QED) is 0.843. The first-order valence-corrected chi connectivity index (χ1v) is 9.17. The van der Waals surface area contributed by atoms with E-state index in [1.54, 1.807) is 4.57 Å². The first kappa shape index (κ1) is 13.8. The van der Waals surface area contributed by atoms with Crippen LogP contribution in [-0.4, -0.2) is 25.0 Å². The highest BCUT2D eigenvalue weighted by Crippen LogP contribution is 2.29. The van der Waals surface area contributed by atoms with Crippen LogP contribution >= 0.6 is 11.3 Å². The maximum absolute atomic E-state index is 11.9. The van der Waals surface area contributed by atoms with Gasteiger partial charge in [-0.2, -0.15) is 0 Å². The Morgan fingerprint density at radius 3 is 2.78 bits per heavy atom. The zero-order valence-electron chi connectivity index (χ0n) is 10.8. The highest BCUT2D eigenvalue weighted by Gasteiger charge is 2.23. The van der Waals surface area contributed by atoms with Gasteiger partial charge in [0.25, 0.3) is 0 Å². The van der Waals surface area contributed by atoms with Crippen molar-refractivity contribution in [3.63, 3.8) is 0 Å². The number of nitrogens with zero attached hydrogens (tertiary/aromatic N) is 1. The largest absolute Gasteiger partial charge is 0.307 e. The molecule has 1 aliphatic carbocycles. The molecule has 0 saturated heterocycles. The van der Waals surface area contributed by atoms with Gasteiger partial charge in [0.05, 0.1) is 5.75 Å². The van der Waals surface area contributed by atoms with Crippen molar-refractivity contribution in [3.8, 4) is 0 Å². The van der Waals surface area contributed by atoms with E-state index in [4.69, 9.17) is 0 Å². The molecule has 0 amide bonds. The fraction of sp³-hybridized carbons (Fsp3) is 0.750. The summed E-state index contributed by atoms with van der Waals surface area (Å²) in [7, 11) is -3.01. The van der Waals surface area contributed by atoms with Crippen LogP contribution in [0.4, 0.5) is 0 Å². The molecule has 0 radical (unpaired) electrons. The first-order chi connectivity index (χ1) is 8.40. The third-order valence-electron chi connectivity index (χ3n) is 3.61. The smallest absolute Gasteiger partial charge is 0.302 e. The second kappa shape index (κ2) is 5.17. The zero-order chi connectivity index (χ0) is 13.3. The molecule has 1 atom stereocenters. The Morgan fingerprint density at radius 1 is 1.44 bits per heavy atom. The maximum Gasteiger partial charge on any atom is 0.307 e. The molecule has 4 nitrogen and oxygen atoms in total. The van der Waals surface area contributed by atoms with Crippen molar-refractivity contribution < 1.29 is 8.42 Å². The molecule has 1 aromatic rings. The summed E-state index contributed by atoms with van der Waals surface area (Å²) >= 11 is 1.30. The predicted octanol–water partition coefficient (Wildman–Crippen LogP) is 1.47. The number of hydrogen-bond donors (Lipinski definition) is 0. The molecule has 0 saturated carbocycles. The van der Waals surface area contributed by atoms with Crippen molar-refractivity contribution in [2.24, 2.45) is 5.92 Å². The average Bonchev–Trinajstić information content (AvgIpc) is 2.60. The van der Waals surface area contributed by atoms with Gasteiger partial charge in [0.1, 0.15) is 9.84 Å². The first-order valence-electron chi connectivity index (χ1n) is 6.30. The minimum absolute atomic E-state index is 0.000373. The molecular formula is C12H19NO3S2. The van der Waals surface area contributed by atoms with E-state index in [-0.39, 0.29) is 10.6 Å². The van der Waals surface area contributed by atoms with E-state index in [1.165, 1.54) is 22.5 Å². The predicted molar refractivity (Wildman–Crippen MR) is 74.1 cm³/mol. The average molecular weight is 289 g/mol. The lowest BCUT2D eigenvalue weighted by molar-refractivity contribution is 0.436. The summed E-state index contributed by atoms with van der Waals surface area (Å²) in [6.07, 6.45) is 5.37. The molecule has 18 heavy (non-hydrogen) atoms. The lowest BCUT2D eigenvalue weighted by Gasteiger charge is -2.21. The van der Waals surface area contributed by atoms with Crippen LogP contribution in [0.25, 0.3) is 0 Å². The van der Waals surface area contributed by atoms with Crippen LogP contribution < -0.4 is 4.87 Å². The fourth-order valence-corrected chi connectivity index (χ4v) is 4.14. The standard InChI is InChI=1S/C12H19NO3S2/c1-3-9-4-5-10-11(8-9)17-12(14)13(10)6-7-18(2,15)16/h9H,3-8H2,1-2H3/t9-/m1/s1. The Kier molecular flexibility index (Phi) is 3.96. The summed E-state index contributed by atoms with van der Waals surface area (Å²) in [6.45, 7) is 2.49. The molecule has 1 aromatic heterocycles. The Labute approximate surface area is 112 Å². The summed E-state index contributed by atoms with van der Waals surface area (Å²) in [5.41, 5.74) is 1.08. The third kappa shape index (κ3) is 3.03. The minimum atomic E-state index is -3.01. The van der Waals surface area contributed by atoms with E-state index in [1.807, 2.05) is 0 Å². The Morgan fingerprint density at radius 2 is 2.17 bits per heavy atom. The van der Waals surface area contributed by atoms with Gasteiger partial charge < -0.3 is 4.57 Å². The molecule has 0 unspecified atom stereocenters. The van der Waals surface area contributed by atoms with Crippen molar-refractivity contribution in [1.29, 1.82) is 0 Å². The topological polar surface area (TPSA) is 56.1 Å². The molecule has 0 bridgehead atoms. The van der Waals surface area contributed by atoms with Gasteiger partial charge in [-0.05, 0) is 25.2 Å². The lowest BCUT2D eigenvalue weighted by atomic mass is 9.89. The van der Waals surface area contributed by atoms with E-state index in [0.717, 1.165) is 31.4 Å².